The first-order valence-electron chi connectivity index (χ1n) is 10.6. The van der Waals surface area contributed by atoms with Crippen molar-refractivity contribution in [2.45, 2.75) is 40.7 Å². The van der Waals surface area contributed by atoms with Crippen LogP contribution in [0, 0.1) is 33.6 Å². The number of hydrogen-bond acceptors (Lipinski definition) is 4. The second-order valence-corrected chi connectivity index (χ2v) is 8.43. The van der Waals surface area contributed by atoms with Gasteiger partial charge in [-0.15, -0.1) is 0 Å². The molecule has 0 saturated carbocycles. The number of nitrogens with zero attached hydrogens (tertiary/aromatic N) is 3. The number of benzene rings is 1. The monoisotopic (exact) mass is 406 g/mol. The lowest BCUT2D eigenvalue weighted by Crippen LogP contribution is -2.50. The van der Waals surface area contributed by atoms with Crippen LogP contribution in [0.25, 0.3) is 5.65 Å². The largest absolute Gasteiger partial charge is 0.396 e. The Morgan fingerprint density at radius 3 is 2.57 bits per heavy atom. The highest BCUT2D eigenvalue weighted by Gasteiger charge is 2.31. The summed E-state index contributed by atoms with van der Waals surface area (Å²) in [7, 11) is 0. The molecule has 6 nitrogen and oxygen atoms in total. The quantitative estimate of drug-likeness (QED) is 0.656. The second-order valence-electron chi connectivity index (χ2n) is 8.43. The number of likely N-dealkylation sites (tertiary alicyclic amines) is 1. The average molecular weight is 407 g/mol. The first-order chi connectivity index (χ1) is 14.4. The van der Waals surface area contributed by atoms with Crippen LogP contribution in [0.1, 0.15) is 44.9 Å². The third kappa shape index (κ3) is 3.67. The van der Waals surface area contributed by atoms with E-state index < -0.39 is 0 Å². The molecular weight excluding hydrogens is 376 g/mol. The van der Waals surface area contributed by atoms with Crippen LogP contribution in [0.15, 0.2) is 30.5 Å². The van der Waals surface area contributed by atoms with E-state index in [1.807, 2.05) is 35.4 Å². The molecule has 6 heteroatoms. The number of rotatable bonds is 6. The third-order valence-corrected chi connectivity index (χ3v) is 6.32. The number of carbonyl (C=O) groups is 1. The van der Waals surface area contributed by atoms with Crippen molar-refractivity contribution >= 4 is 17.2 Å². The fraction of sp³-hybridized carbons (Fsp3) is 0.417. The molecule has 0 atom stereocenters. The van der Waals surface area contributed by atoms with Gasteiger partial charge in [-0.1, -0.05) is 18.2 Å². The lowest BCUT2D eigenvalue weighted by Gasteiger charge is -2.39. The number of hydrogen-bond donors (Lipinski definition) is 2. The van der Waals surface area contributed by atoms with E-state index in [-0.39, 0.29) is 12.5 Å². The summed E-state index contributed by atoms with van der Waals surface area (Å²) in [5.41, 5.74) is 8.13. The summed E-state index contributed by atoms with van der Waals surface area (Å²) in [6.45, 7) is 10.5. The number of aliphatic hydroxyl groups excluding tert-OH is 1. The summed E-state index contributed by atoms with van der Waals surface area (Å²) in [6, 6.07) is 8.24. The van der Waals surface area contributed by atoms with Gasteiger partial charge in [-0.3, -0.25) is 4.79 Å². The van der Waals surface area contributed by atoms with E-state index in [0.29, 0.717) is 31.1 Å². The molecule has 0 spiro atoms. The van der Waals surface area contributed by atoms with E-state index in [1.165, 1.54) is 16.7 Å². The van der Waals surface area contributed by atoms with Gasteiger partial charge in [0.25, 0.3) is 5.91 Å². The first-order valence-corrected chi connectivity index (χ1v) is 10.6. The van der Waals surface area contributed by atoms with Crippen molar-refractivity contribution in [1.82, 2.24) is 14.3 Å². The van der Waals surface area contributed by atoms with E-state index in [9.17, 15) is 4.79 Å². The Labute approximate surface area is 177 Å². The summed E-state index contributed by atoms with van der Waals surface area (Å²) in [5, 5.41) is 12.6. The Hall–Kier alpha value is -2.86. The molecule has 4 rings (SSSR count). The number of aromatic nitrogens is 2. The van der Waals surface area contributed by atoms with Gasteiger partial charge in [0, 0.05) is 38.1 Å². The minimum absolute atomic E-state index is 0.0342. The third-order valence-electron chi connectivity index (χ3n) is 6.32. The predicted octanol–water partition coefficient (Wildman–Crippen LogP) is 3.63. The molecule has 1 fully saturated rings. The number of amides is 1. The van der Waals surface area contributed by atoms with E-state index >= 15 is 0 Å². The van der Waals surface area contributed by atoms with Crippen LogP contribution in [-0.2, 0) is 6.54 Å². The Morgan fingerprint density at radius 1 is 1.20 bits per heavy atom. The van der Waals surface area contributed by atoms with Crippen molar-refractivity contribution in [3.05, 3.63) is 64.1 Å². The second kappa shape index (κ2) is 8.11. The maximum atomic E-state index is 13.1. The standard InChI is InChI=1S/C24H30N4O2/c1-15-6-5-7-16(2)21(15)11-25-22-10-20(14-28-18(4)17(3)26-23(22)28)24(30)27-12-19(13-27)8-9-29/h5-7,10,14,19,25,29H,8-9,11-13H2,1-4H3. The number of imidazole rings is 1. The number of aryl methyl sites for hydroxylation is 4. The lowest BCUT2D eigenvalue weighted by molar-refractivity contribution is 0.0448. The van der Waals surface area contributed by atoms with Crippen LogP contribution >= 0.6 is 0 Å². The lowest BCUT2D eigenvalue weighted by atomic mass is 9.96. The van der Waals surface area contributed by atoms with E-state index in [0.717, 1.165) is 29.1 Å². The summed E-state index contributed by atoms with van der Waals surface area (Å²) in [4.78, 5) is 19.7. The number of pyridine rings is 1. The summed E-state index contributed by atoms with van der Waals surface area (Å²) in [6.07, 6.45) is 2.65. The molecule has 1 aliphatic heterocycles. The molecular formula is C24H30N4O2. The zero-order valence-electron chi connectivity index (χ0n) is 18.2. The van der Waals surface area contributed by atoms with Gasteiger partial charge in [0.1, 0.15) is 0 Å². The van der Waals surface area contributed by atoms with Gasteiger partial charge in [-0.05, 0) is 62.8 Å². The number of carbonyl (C=O) groups excluding carboxylic acids is 1. The Bertz CT molecular complexity index is 1080. The number of fused-ring (bicyclic) bond motifs is 1. The zero-order chi connectivity index (χ0) is 21.4. The van der Waals surface area contributed by atoms with Crippen molar-refractivity contribution in [1.29, 1.82) is 0 Å². The molecule has 0 bridgehead atoms. The maximum Gasteiger partial charge on any atom is 0.255 e. The number of nitrogens with one attached hydrogen (secondary N) is 1. The predicted molar refractivity (Wildman–Crippen MR) is 119 cm³/mol. The summed E-state index contributed by atoms with van der Waals surface area (Å²) >= 11 is 0. The first kappa shape index (κ1) is 20.4. The molecule has 3 heterocycles. The molecule has 3 aromatic rings. The van der Waals surface area contributed by atoms with E-state index in [2.05, 4.69) is 37.4 Å². The van der Waals surface area contributed by atoms with Crippen molar-refractivity contribution in [3.8, 4) is 0 Å². The SMILES string of the molecule is Cc1cccc(C)c1CNc1cc(C(=O)N2CC(CCO)C2)cn2c(C)c(C)nc12. The number of anilines is 1. The van der Waals surface area contributed by atoms with Crippen LogP contribution < -0.4 is 5.32 Å². The molecule has 0 radical (unpaired) electrons. The van der Waals surface area contributed by atoms with Crippen LogP contribution in [0.4, 0.5) is 5.69 Å². The smallest absolute Gasteiger partial charge is 0.255 e. The Morgan fingerprint density at radius 2 is 1.90 bits per heavy atom. The molecule has 1 aromatic carbocycles. The molecule has 0 aliphatic carbocycles. The summed E-state index contributed by atoms with van der Waals surface area (Å²) < 4.78 is 2.01. The molecule has 0 unspecified atom stereocenters. The van der Waals surface area contributed by atoms with Crippen LogP contribution in [0.2, 0.25) is 0 Å². The molecule has 1 saturated heterocycles. The van der Waals surface area contributed by atoms with E-state index in [1.54, 1.807) is 0 Å². The topological polar surface area (TPSA) is 69.9 Å². The molecule has 158 valence electrons. The van der Waals surface area contributed by atoms with Gasteiger partial charge in [0.05, 0.1) is 16.9 Å². The minimum Gasteiger partial charge on any atom is -0.396 e. The molecule has 1 amide bonds. The maximum absolute atomic E-state index is 13.1. The van der Waals surface area contributed by atoms with Crippen molar-refractivity contribution < 1.29 is 9.90 Å². The van der Waals surface area contributed by atoms with Gasteiger partial charge in [-0.2, -0.15) is 0 Å². The van der Waals surface area contributed by atoms with Crippen molar-refractivity contribution in [3.63, 3.8) is 0 Å². The highest BCUT2D eigenvalue weighted by molar-refractivity contribution is 5.96. The Kier molecular flexibility index (Phi) is 5.52. The van der Waals surface area contributed by atoms with Crippen LogP contribution in [-0.4, -0.2) is 45.0 Å². The van der Waals surface area contributed by atoms with Gasteiger partial charge in [-0.25, -0.2) is 4.98 Å². The summed E-state index contributed by atoms with van der Waals surface area (Å²) in [5.74, 6) is 0.438. The molecule has 2 N–H and O–H groups in total. The highest BCUT2D eigenvalue weighted by Crippen LogP contribution is 2.27. The average Bonchev–Trinajstić information content (AvgIpc) is 2.98. The van der Waals surface area contributed by atoms with E-state index in [4.69, 9.17) is 10.1 Å². The normalized spacial score (nSPS) is 14.2. The van der Waals surface area contributed by atoms with Gasteiger partial charge < -0.3 is 19.7 Å². The molecule has 1 aliphatic rings. The number of aliphatic hydroxyl groups is 1. The van der Waals surface area contributed by atoms with Crippen molar-refractivity contribution in [2.24, 2.45) is 5.92 Å². The van der Waals surface area contributed by atoms with Gasteiger partial charge >= 0.3 is 0 Å². The van der Waals surface area contributed by atoms with Gasteiger partial charge in [0.15, 0.2) is 5.65 Å². The zero-order valence-corrected chi connectivity index (χ0v) is 18.2. The highest BCUT2D eigenvalue weighted by atomic mass is 16.3. The fourth-order valence-electron chi connectivity index (χ4n) is 4.21. The van der Waals surface area contributed by atoms with Crippen LogP contribution in [0.5, 0.6) is 0 Å². The Balaban J connectivity index is 1.65. The molecule has 30 heavy (non-hydrogen) atoms. The fourth-order valence-corrected chi connectivity index (χ4v) is 4.21. The minimum atomic E-state index is 0.0342. The van der Waals surface area contributed by atoms with Gasteiger partial charge in [0.2, 0.25) is 0 Å². The van der Waals surface area contributed by atoms with Crippen LogP contribution in [0.3, 0.4) is 0 Å². The molecule has 2 aromatic heterocycles. The van der Waals surface area contributed by atoms with Crippen molar-refractivity contribution in [2.75, 3.05) is 25.0 Å².